The lowest BCUT2D eigenvalue weighted by Gasteiger charge is -2.26. The summed E-state index contributed by atoms with van der Waals surface area (Å²) in [5.41, 5.74) is 0.317. The number of amides is 1. The van der Waals surface area contributed by atoms with Gasteiger partial charge in [-0.05, 0) is 31.6 Å². The smallest absolute Gasteiger partial charge is 0.276 e. The Kier molecular flexibility index (Phi) is 3.29. The molecule has 1 saturated carbocycles. The minimum atomic E-state index is -3.99. The first-order chi connectivity index (χ1) is 9.41. The highest BCUT2D eigenvalue weighted by atomic mass is 35.7. The van der Waals surface area contributed by atoms with Gasteiger partial charge in [0, 0.05) is 23.3 Å². The van der Waals surface area contributed by atoms with Gasteiger partial charge in [-0.2, -0.15) is 5.10 Å². The van der Waals surface area contributed by atoms with E-state index in [1.54, 1.807) is 11.8 Å². The van der Waals surface area contributed by atoms with Gasteiger partial charge in [0.2, 0.25) is 0 Å². The predicted molar refractivity (Wildman–Crippen MR) is 73.2 cm³/mol. The first-order valence-corrected chi connectivity index (χ1v) is 9.05. The Morgan fingerprint density at radius 3 is 2.75 bits per heavy atom. The number of carbonyl (C=O) groups is 1. The number of aromatic amines is 1. The molecule has 110 valence electrons. The summed E-state index contributed by atoms with van der Waals surface area (Å²) in [6.45, 7) is 2.48. The van der Waals surface area contributed by atoms with Gasteiger partial charge in [-0.1, -0.05) is 6.92 Å². The van der Waals surface area contributed by atoms with Crippen molar-refractivity contribution in [3.05, 3.63) is 11.4 Å². The fraction of sp³-hybridized carbons (Fsp3) is 0.667. The Morgan fingerprint density at radius 1 is 1.50 bits per heavy atom. The minimum absolute atomic E-state index is 0.0654. The molecular formula is C12H16ClN3O3S. The van der Waals surface area contributed by atoms with E-state index in [1.807, 2.05) is 0 Å². The van der Waals surface area contributed by atoms with E-state index in [2.05, 4.69) is 10.2 Å². The number of nitrogens with zero attached hydrogens (tertiary/aromatic N) is 2. The lowest BCUT2D eigenvalue weighted by atomic mass is 10.1. The van der Waals surface area contributed by atoms with Crippen molar-refractivity contribution in [2.75, 3.05) is 6.54 Å². The van der Waals surface area contributed by atoms with Crippen molar-refractivity contribution >= 4 is 25.6 Å². The van der Waals surface area contributed by atoms with Crippen molar-refractivity contribution in [1.82, 2.24) is 15.1 Å². The van der Waals surface area contributed by atoms with Crippen LogP contribution in [-0.2, 0) is 15.5 Å². The summed E-state index contributed by atoms with van der Waals surface area (Å²) < 4.78 is 23.4. The molecule has 1 amide bonds. The third kappa shape index (κ3) is 2.13. The predicted octanol–water partition coefficient (Wildman–Crippen LogP) is 1.52. The average Bonchev–Trinajstić information content (AvgIpc) is 3.10. The molecule has 2 bridgehead atoms. The monoisotopic (exact) mass is 317 g/mol. The molecule has 6 nitrogen and oxygen atoms in total. The molecule has 1 aliphatic carbocycles. The first-order valence-electron chi connectivity index (χ1n) is 6.74. The SMILES string of the molecule is CCc1[nH]nc(C(=O)N2CC3CCC2C3)c1S(=O)(=O)Cl. The van der Waals surface area contributed by atoms with Crippen LogP contribution in [0.4, 0.5) is 0 Å². The second-order valence-electron chi connectivity index (χ2n) is 5.46. The van der Waals surface area contributed by atoms with Crippen LogP contribution in [0.5, 0.6) is 0 Å². The summed E-state index contributed by atoms with van der Waals surface area (Å²) in [4.78, 5) is 14.1. The molecule has 8 heteroatoms. The molecule has 1 aromatic heterocycles. The number of hydrogen-bond donors (Lipinski definition) is 1. The van der Waals surface area contributed by atoms with E-state index in [1.165, 1.54) is 0 Å². The first kappa shape index (κ1) is 13.9. The summed E-state index contributed by atoms with van der Waals surface area (Å²) in [5.74, 6) is 0.219. The molecule has 2 fully saturated rings. The van der Waals surface area contributed by atoms with E-state index in [0.717, 1.165) is 19.3 Å². The topological polar surface area (TPSA) is 83.1 Å². The van der Waals surface area contributed by atoms with Crippen LogP contribution in [0.15, 0.2) is 4.90 Å². The van der Waals surface area contributed by atoms with E-state index in [9.17, 15) is 13.2 Å². The van der Waals surface area contributed by atoms with Gasteiger partial charge in [-0.3, -0.25) is 9.89 Å². The second-order valence-corrected chi connectivity index (χ2v) is 7.96. The molecule has 1 aliphatic heterocycles. The van der Waals surface area contributed by atoms with E-state index in [4.69, 9.17) is 10.7 Å². The van der Waals surface area contributed by atoms with Crippen molar-refractivity contribution < 1.29 is 13.2 Å². The maximum absolute atomic E-state index is 12.6. The molecule has 2 unspecified atom stereocenters. The Hall–Kier alpha value is -1.08. The van der Waals surface area contributed by atoms with E-state index in [0.29, 0.717) is 24.6 Å². The number of aryl methyl sites for hydroxylation is 1. The van der Waals surface area contributed by atoms with Crippen LogP contribution in [0.3, 0.4) is 0 Å². The zero-order chi connectivity index (χ0) is 14.5. The Labute approximate surface area is 121 Å². The van der Waals surface area contributed by atoms with E-state index < -0.39 is 9.05 Å². The molecule has 2 atom stereocenters. The fourth-order valence-electron chi connectivity index (χ4n) is 3.32. The van der Waals surface area contributed by atoms with Crippen LogP contribution in [0.2, 0.25) is 0 Å². The van der Waals surface area contributed by atoms with Gasteiger partial charge in [0.1, 0.15) is 4.90 Å². The number of rotatable bonds is 3. The van der Waals surface area contributed by atoms with Crippen molar-refractivity contribution in [2.45, 2.75) is 43.5 Å². The second kappa shape index (κ2) is 4.73. The van der Waals surface area contributed by atoms with Crippen LogP contribution < -0.4 is 0 Å². The average molecular weight is 318 g/mol. The van der Waals surface area contributed by atoms with E-state index in [-0.39, 0.29) is 22.5 Å². The van der Waals surface area contributed by atoms with Gasteiger partial charge in [0.05, 0.1) is 5.69 Å². The van der Waals surface area contributed by atoms with Crippen LogP contribution in [0.25, 0.3) is 0 Å². The number of carbonyl (C=O) groups excluding carboxylic acids is 1. The lowest BCUT2D eigenvalue weighted by Crippen LogP contribution is -2.38. The van der Waals surface area contributed by atoms with Gasteiger partial charge >= 0.3 is 0 Å². The zero-order valence-corrected chi connectivity index (χ0v) is 12.7. The summed E-state index contributed by atoms with van der Waals surface area (Å²) in [7, 11) is 1.47. The minimum Gasteiger partial charge on any atom is -0.334 e. The van der Waals surface area contributed by atoms with Crippen LogP contribution in [0.1, 0.15) is 42.4 Å². The number of hydrogen-bond acceptors (Lipinski definition) is 4. The number of fused-ring (bicyclic) bond motifs is 2. The van der Waals surface area contributed by atoms with Crippen LogP contribution in [0, 0.1) is 5.92 Å². The van der Waals surface area contributed by atoms with E-state index >= 15 is 0 Å². The molecule has 1 saturated heterocycles. The molecule has 2 aliphatic rings. The Balaban J connectivity index is 1.98. The molecule has 20 heavy (non-hydrogen) atoms. The number of piperidine rings is 1. The molecule has 0 aromatic carbocycles. The molecule has 1 aromatic rings. The Morgan fingerprint density at radius 2 is 2.25 bits per heavy atom. The van der Waals surface area contributed by atoms with Crippen molar-refractivity contribution in [3.8, 4) is 0 Å². The summed E-state index contributed by atoms with van der Waals surface area (Å²) >= 11 is 0. The van der Waals surface area contributed by atoms with Crippen molar-refractivity contribution in [2.24, 2.45) is 5.92 Å². The molecule has 2 heterocycles. The number of H-pyrrole nitrogens is 1. The largest absolute Gasteiger partial charge is 0.334 e. The highest BCUT2D eigenvalue weighted by molar-refractivity contribution is 8.13. The molecule has 1 N–H and O–H groups in total. The highest BCUT2D eigenvalue weighted by Gasteiger charge is 2.42. The van der Waals surface area contributed by atoms with Crippen LogP contribution in [-0.4, -0.2) is 42.0 Å². The standard InChI is InChI=1S/C12H16ClN3O3S/c1-2-9-11(20(13,18)19)10(15-14-9)12(17)16-6-7-3-4-8(16)5-7/h7-8H,2-6H2,1H3,(H,14,15). The third-order valence-corrected chi connectivity index (χ3v) is 5.65. The third-order valence-electron chi connectivity index (χ3n) is 4.26. The summed E-state index contributed by atoms with van der Waals surface area (Å²) in [6.07, 6.45) is 3.58. The highest BCUT2D eigenvalue weighted by Crippen LogP contribution is 2.38. The number of aromatic nitrogens is 2. The van der Waals surface area contributed by atoms with Gasteiger partial charge in [-0.15, -0.1) is 0 Å². The van der Waals surface area contributed by atoms with Gasteiger partial charge in [0.15, 0.2) is 5.69 Å². The number of nitrogens with one attached hydrogen (secondary N) is 1. The Bertz CT molecular complexity index is 655. The number of likely N-dealkylation sites (tertiary alicyclic amines) is 1. The normalized spacial score (nSPS) is 25.4. The van der Waals surface area contributed by atoms with Crippen LogP contribution >= 0.6 is 10.7 Å². The lowest BCUT2D eigenvalue weighted by molar-refractivity contribution is 0.0693. The summed E-state index contributed by atoms with van der Waals surface area (Å²) in [5, 5.41) is 6.52. The van der Waals surface area contributed by atoms with Crippen molar-refractivity contribution in [3.63, 3.8) is 0 Å². The van der Waals surface area contributed by atoms with Crippen molar-refractivity contribution in [1.29, 1.82) is 0 Å². The van der Waals surface area contributed by atoms with Gasteiger partial charge in [-0.25, -0.2) is 8.42 Å². The molecule has 3 rings (SSSR count). The zero-order valence-electron chi connectivity index (χ0n) is 11.1. The molecule has 0 radical (unpaired) electrons. The molecule has 0 spiro atoms. The maximum atomic E-state index is 12.6. The summed E-state index contributed by atoms with van der Waals surface area (Å²) in [6, 6.07) is 0.222. The maximum Gasteiger partial charge on any atom is 0.276 e. The fourth-order valence-corrected chi connectivity index (χ4v) is 4.67. The number of halogens is 1. The van der Waals surface area contributed by atoms with Gasteiger partial charge in [0.25, 0.3) is 15.0 Å². The molecular weight excluding hydrogens is 302 g/mol. The van der Waals surface area contributed by atoms with Gasteiger partial charge < -0.3 is 4.90 Å². The quantitative estimate of drug-likeness (QED) is 0.857.